The Bertz CT molecular complexity index is 1240. The summed E-state index contributed by atoms with van der Waals surface area (Å²) in [6.07, 6.45) is 0.564. The summed E-state index contributed by atoms with van der Waals surface area (Å²) in [6, 6.07) is 17.4. The molecule has 3 heterocycles. The second-order valence-corrected chi connectivity index (χ2v) is 8.03. The summed E-state index contributed by atoms with van der Waals surface area (Å²) >= 11 is 0. The molecule has 7 heteroatoms. The third-order valence-electron chi connectivity index (χ3n) is 5.87. The zero-order valence-corrected chi connectivity index (χ0v) is 18.1. The number of amides is 1. The van der Waals surface area contributed by atoms with Crippen LogP contribution in [-0.2, 0) is 16.0 Å². The first-order valence-corrected chi connectivity index (χ1v) is 10.8. The summed E-state index contributed by atoms with van der Waals surface area (Å²) < 4.78 is 17.0. The standard InChI is InChI=1S/C26H23NO6/c1-16-7-9-20(33-16)23-22(24(28)18-8-10-19-21(15-18)32-14-13-31-19)25(29)26(30)27(23)12-11-17-5-3-2-4-6-17/h2-10,15,23,28H,11-14H2,1H3/t23-/m0/s1. The maximum atomic E-state index is 13.1. The van der Waals surface area contributed by atoms with Crippen molar-refractivity contribution in [1.82, 2.24) is 4.90 Å². The molecule has 2 aliphatic heterocycles. The molecule has 0 radical (unpaired) electrons. The van der Waals surface area contributed by atoms with Crippen molar-refractivity contribution in [2.45, 2.75) is 19.4 Å². The van der Waals surface area contributed by atoms with Crippen LogP contribution in [0.25, 0.3) is 5.76 Å². The lowest BCUT2D eigenvalue weighted by molar-refractivity contribution is -0.140. The van der Waals surface area contributed by atoms with E-state index in [1.54, 1.807) is 37.3 Å². The van der Waals surface area contributed by atoms with Crippen molar-refractivity contribution in [3.05, 3.63) is 88.9 Å². The fourth-order valence-electron chi connectivity index (χ4n) is 4.25. The lowest BCUT2D eigenvalue weighted by Gasteiger charge is -2.23. The molecule has 168 valence electrons. The van der Waals surface area contributed by atoms with E-state index in [0.717, 1.165) is 5.56 Å². The third-order valence-corrected chi connectivity index (χ3v) is 5.87. The number of ether oxygens (including phenoxy) is 2. The number of nitrogens with zero attached hydrogens (tertiary/aromatic N) is 1. The highest BCUT2D eigenvalue weighted by Gasteiger charge is 2.47. The Morgan fingerprint density at radius 1 is 1.00 bits per heavy atom. The summed E-state index contributed by atoms with van der Waals surface area (Å²) in [5.74, 6) is 0.454. The number of aliphatic hydroxyl groups is 1. The van der Waals surface area contributed by atoms with Crippen molar-refractivity contribution < 1.29 is 28.6 Å². The van der Waals surface area contributed by atoms with Crippen LogP contribution >= 0.6 is 0 Å². The van der Waals surface area contributed by atoms with E-state index in [2.05, 4.69) is 0 Å². The van der Waals surface area contributed by atoms with E-state index in [9.17, 15) is 14.7 Å². The van der Waals surface area contributed by atoms with Gasteiger partial charge in [0.05, 0.1) is 5.57 Å². The molecule has 0 saturated carbocycles. The van der Waals surface area contributed by atoms with Gasteiger partial charge in [-0.15, -0.1) is 0 Å². The Kier molecular flexibility index (Phi) is 5.38. The number of hydrogen-bond donors (Lipinski definition) is 1. The molecule has 3 aromatic rings. The van der Waals surface area contributed by atoms with Crippen molar-refractivity contribution in [2.75, 3.05) is 19.8 Å². The highest BCUT2D eigenvalue weighted by atomic mass is 16.6. The predicted octanol–water partition coefficient (Wildman–Crippen LogP) is 4.02. The van der Waals surface area contributed by atoms with Crippen molar-refractivity contribution in [2.24, 2.45) is 0 Å². The molecule has 0 bridgehead atoms. The molecule has 2 aliphatic rings. The lowest BCUT2D eigenvalue weighted by atomic mass is 9.99. The molecule has 5 rings (SSSR count). The van der Waals surface area contributed by atoms with Crippen LogP contribution < -0.4 is 9.47 Å². The molecule has 1 amide bonds. The molecule has 0 aliphatic carbocycles. The van der Waals surface area contributed by atoms with Gasteiger partial charge in [-0.2, -0.15) is 0 Å². The summed E-state index contributed by atoms with van der Waals surface area (Å²) in [4.78, 5) is 27.6. The zero-order valence-electron chi connectivity index (χ0n) is 18.1. The molecule has 1 N–H and O–H groups in total. The smallest absolute Gasteiger partial charge is 0.295 e. The van der Waals surface area contributed by atoms with Gasteiger partial charge in [-0.25, -0.2) is 0 Å². The number of hydrogen-bond acceptors (Lipinski definition) is 6. The first-order valence-electron chi connectivity index (χ1n) is 10.8. The quantitative estimate of drug-likeness (QED) is 0.362. The summed E-state index contributed by atoms with van der Waals surface area (Å²) in [5.41, 5.74) is 1.41. The van der Waals surface area contributed by atoms with Gasteiger partial charge < -0.3 is 23.9 Å². The van der Waals surface area contributed by atoms with Gasteiger partial charge in [-0.3, -0.25) is 9.59 Å². The normalized spacial score (nSPS) is 19.2. The molecule has 33 heavy (non-hydrogen) atoms. The highest BCUT2D eigenvalue weighted by molar-refractivity contribution is 6.46. The average Bonchev–Trinajstić information content (AvgIpc) is 3.38. The average molecular weight is 445 g/mol. The van der Waals surface area contributed by atoms with E-state index in [0.29, 0.717) is 54.8 Å². The number of benzene rings is 2. The Morgan fingerprint density at radius 3 is 2.48 bits per heavy atom. The van der Waals surface area contributed by atoms with Crippen LogP contribution in [0.5, 0.6) is 11.5 Å². The van der Waals surface area contributed by atoms with E-state index in [4.69, 9.17) is 13.9 Å². The predicted molar refractivity (Wildman–Crippen MR) is 120 cm³/mol. The van der Waals surface area contributed by atoms with E-state index >= 15 is 0 Å². The maximum absolute atomic E-state index is 13.1. The van der Waals surface area contributed by atoms with Crippen molar-refractivity contribution >= 4 is 17.4 Å². The van der Waals surface area contributed by atoms with Crippen molar-refractivity contribution in [3.8, 4) is 11.5 Å². The minimum Gasteiger partial charge on any atom is -0.507 e. The first-order chi connectivity index (χ1) is 16.0. The minimum absolute atomic E-state index is 0.000843. The molecule has 1 aromatic heterocycles. The lowest BCUT2D eigenvalue weighted by Crippen LogP contribution is -2.31. The minimum atomic E-state index is -0.824. The number of fused-ring (bicyclic) bond motifs is 1. The molecule has 1 fully saturated rings. The van der Waals surface area contributed by atoms with Gasteiger partial charge in [-0.05, 0) is 49.2 Å². The number of Topliss-reactive ketones (excluding diaryl/α,β-unsaturated/α-hetero) is 1. The second kappa shape index (κ2) is 8.50. The van der Waals surface area contributed by atoms with Crippen LogP contribution in [0.15, 0.2) is 70.7 Å². The third kappa shape index (κ3) is 3.86. The number of rotatable bonds is 5. The molecule has 2 aromatic carbocycles. The van der Waals surface area contributed by atoms with Crippen LogP contribution in [-0.4, -0.2) is 41.5 Å². The molecule has 1 atom stereocenters. The van der Waals surface area contributed by atoms with Crippen LogP contribution in [0.3, 0.4) is 0 Å². The maximum Gasteiger partial charge on any atom is 0.295 e. The summed E-state index contributed by atoms with van der Waals surface area (Å²) in [7, 11) is 0. The van der Waals surface area contributed by atoms with Crippen molar-refractivity contribution in [3.63, 3.8) is 0 Å². The van der Waals surface area contributed by atoms with E-state index in [-0.39, 0.29) is 11.3 Å². The van der Waals surface area contributed by atoms with Gasteiger partial charge in [0.25, 0.3) is 11.7 Å². The van der Waals surface area contributed by atoms with E-state index < -0.39 is 17.7 Å². The zero-order chi connectivity index (χ0) is 22.9. The molecule has 0 spiro atoms. The molecule has 7 nitrogen and oxygen atoms in total. The SMILES string of the molecule is Cc1ccc([C@H]2C(=C(O)c3ccc4c(c3)OCCO4)C(=O)C(=O)N2CCc2ccccc2)o1. The number of aryl methyl sites for hydroxylation is 1. The summed E-state index contributed by atoms with van der Waals surface area (Å²) in [6.45, 7) is 2.94. The number of carbonyl (C=O) groups excluding carboxylic acids is 2. The van der Waals surface area contributed by atoms with Gasteiger partial charge in [0.2, 0.25) is 0 Å². The van der Waals surface area contributed by atoms with Crippen LogP contribution in [0.2, 0.25) is 0 Å². The van der Waals surface area contributed by atoms with E-state index in [1.165, 1.54) is 4.90 Å². The van der Waals surface area contributed by atoms with Gasteiger partial charge in [0.1, 0.15) is 36.5 Å². The fourth-order valence-corrected chi connectivity index (χ4v) is 4.25. The largest absolute Gasteiger partial charge is 0.507 e. The molecular weight excluding hydrogens is 422 g/mol. The number of aliphatic hydroxyl groups excluding tert-OH is 1. The number of furan rings is 1. The Balaban J connectivity index is 1.56. The number of likely N-dealkylation sites (tertiary alicyclic amines) is 1. The summed E-state index contributed by atoms with van der Waals surface area (Å²) in [5, 5.41) is 11.2. The molecule has 0 unspecified atom stereocenters. The van der Waals surface area contributed by atoms with Gasteiger partial charge in [0, 0.05) is 12.1 Å². The fraction of sp³-hybridized carbons (Fsp3) is 0.231. The monoisotopic (exact) mass is 445 g/mol. The highest BCUT2D eigenvalue weighted by Crippen LogP contribution is 2.41. The van der Waals surface area contributed by atoms with Crippen LogP contribution in [0, 0.1) is 6.92 Å². The first kappa shape index (κ1) is 20.9. The van der Waals surface area contributed by atoms with Crippen molar-refractivity contribution in [1.29, 1.82) is 0 Å². The Hall–Kier alpha value is -4.00. The molecule has 1 saturated heterocycles. The van der Waals surface area contributed by atoms with Crippen LogP contribution in [0.1, 0.15) is 28.7 Å². The number of ketones is 1. The van der Waals surface area contributed by atoms with Gasteiger partial charge in [-0.1, -0.05) is 30.3 Å². The topological polar surface area (TPSA) is 89.2 Å². The molecular formula is C26H23NO6. The second-order valence-electron chi connectivity index (χ2n) is 8.03. The van der Waals surface area contributed by atoms with Gasteiger partial charge in [0.15, 0.2) is 11.5 Å². The van der Waals surface area contributed by atoms with E-state index in [1.807, 2.05) is 30.3 Å². The van der Waals surface area contributed by atoms with Gasteiger partial charge >= 0.3 is 0 Å². The Morgan fingerprint density at radius 2 is 1.76 bits per heavy atom. The Labute approximate surface area is 190 Å². The van der Waals surface area contributed by atoms with Crippen LogP contribution in [0.4, 0.5) is 0 Å². The number of carbonyl (C=O) groups is 2.